The number of hydrogen-bond donors (Lipinski definition) is 1. The summed E-state index contributed by atoms with van der Waals surface area (Å²) < 4.78 is 18.7. The smallest absolute Gasteiger partial charge is 0.311 e. The minimum Gasteiger partial charge on any atom is -0.452 e. The monoisotopic (exact) mass is 369 g/mol. The molecular formula is C17H14Cl2FNO3. The molecule has 0 bridgehead atoms. The van der Waals surface area contributed by atoms with Gasteiger partial charge in [0.05, 0.1) is 6.42 Å². The first-order valence-corrected chi connectivity index (χ1v) is 7.81. The molecule has 4 nitrogen and oxygen atoms in total. The Balaban J connectivity index is 1.94. The van der Waals surface area contributed by atoms with E-state index in [1.165, 1.54) is 25.1 Å². The first-order chi connectivity index (χ1) is 11.4. The molecule has 1 atom stereocenters. The van der Waals surface area contributed by atoms with Gasteiger partial charge in [0, 0.05) is 21.3 Å². The third-order valence-corrected chi connectivity index (χ3v) is 3.74. The van der Waals surface area contributed by atoms with Crippen LogP contribution in [0.1, 0.15) is 12.5 Å². The van der Waals surface area contributed by atoms with E-state index in [0.717, 1.165) is 0 Å². The van der Waals surface area contributed by atoms with Gasteiger partial charge in [0.15, 0.2) is 6.10 Å². The van der Waals surface area contributed by atoms with E-state index in [1.807, 2.05) is 0 Å². The lowest BCUT2D eigenvalue weighted by Gasteiger charge is -2.14. The third-order valence-electron chi connectivity index (χ3n) is 3.15. The quantitative estimate of drug-likeness (QED) is 0.801. The van der Waals surface area contributed by atoms with Gasteiger partial charge in [-0.2, -0.15) is 0 Å². The van der Waals surface area contributed by atoms with Crippen molar-refractivity contribution in [1.29, 1.82) is 0 Å². The van der Waals surface area contributed by atoms with Crippen LogP contribution in [0, 0.1) is 5.82 Å². The van der Waals surface area contributed by atoms with E-state index in [4.69, 9.17) is 27.9 Å². The highest BCUT2D eigenvalue weighted by atomic mass is 35.5. The first kappa shape index (κ1) is 18.2. The molecule has 24 heavy (non-hydrogen) atoms. The zero-order valence-corrected chi connectivity index (χ0v) is 14.2. The van der Waals surface area contributed by atoms with Crippen LogP contribution in [0.5, 0.6) is 0 Å². The molecule has 0 unspecified atom stereocenters. The van der Waals surface area contributed by atoms with Crippen LogP contribution in [0.25, 0.3) is 0 Å². The molecule has 126 valence electrons. The van der Waals surface area contributed by atoms with Crippen LogP contribution in [0.15, 0.2) is 42.5 Å². The highest BCUT2D eigenvalue weighted by molar-refractivity contribution is 6.31. The van der Waals surface area contributed by atoms with Crippen molar-refractivity contribution < 1.29 is 18.7 Å². The van der Waals surface area contributed by atoms with Gasteiger partial charge in [0.1, 0.15) is 5.82 Å². The molecule has 2 aromatic carbocycles. The topological polar surface area (TPSA) is 55.4 Å². The fourth-order valence-corrected chi connectivity index (χ4v) is 2.37. The summed E-state index contributed by atoms with van der Waals surface area (Å²) in [7, 11) is 0. The van der Waals surface area contributed by atoms with Gasteiger partial charge in [-0.05, 0) is 37.3 Å². The molecule has 0 heterocycles. The van der Waals surface area contributed by atoms with Gasteiger partial charge in [-0.3, -0.25) is 9.59 Å². The lowest BCUT2D eigenvalue weighted by atomic mass is 10.1. The molecule has 0 aliphatic rings. The summed E-state index contributed by atoms with van der Waals surface area (Å²) in [5.41, 5.74) is 0.513. The number of amides is 1. The van der Waals surface area contributed by atoms with E-state index in [-0.39, 0.29) is 17.0 Å². The molecule has 0 spiro atoms. The summed E-state index contributed by atoms with van der Waals surface area (Å²) in [5.74, 6) is -1.88. The minimum absolute atomic E-state index is 0.0339. The minimum atomic E-state index is -1.05. The van der Waals surface area contributed by atoms with Crippen LogP contribution in [0.3, 0.4) is 0 Å². The van der Waals surface area contributed by atoms with Crippen molar-refractivity contribution in [3.05, 3.63) is 63.9 Å². The second-order valence-corrected chi connectivity index (χ2v) is 5.85. The number of benzene rings is 2. The molecule has 0 aliphatic heterocycles. The fraction of sp³-hybridized carbons (Fsp3) is 0.176. The molecule has 0 radical (unpaired) electrons. The van der Waals surface area contributed by atoms with Crippen LogP contribution < -0.4 is 5.32 Å². The molecule has 1 amide bonds. The summed E-state index contributed by atoms with van der Waals surface area (Å²) in [4.78, 5) is 23.9. The van der Waals surface area contributed by atoms with Crippen molar-refractivity contribution in [3.8, 4) is 0 Å². The summed E-state index contributed by atoms with van der Waals surface area (Å²) in [5, 5.41) is 3.17. The average Bonchev–Trinajstić information content (AvgIpc) is 2.51. The number of carbonyl (C=O) groups excluding carboxylic acids is 2. The highest BCUT2D eigenvalue weighted by Crippen LogP contribution is 2.20. The molecular weight excluding hydrogens is 356 g/mol. The second-order valence-electron chi connectivity index (χ2n) is 5.01. The normalized spacial score (nSPS) is 11.7. The van der Waals surface area contributed by atoms with Crippen molar-refractivity contribution in [2.45, 2.75) is 19.4 Å². The van der Waals surface area contributed by atoms with Crippen molar-refractivity contribution in [2.75, 3.05) is 5.32 Å². The largest absolute Gasteiger partial charge is 0.452 e. The van der Waals surface area contributed by atoms with Crippen LogP contribution in [0.4, 0.5) is 10.1 Å². The van der Waals surface area contributed by atoms with Gasteiger partial charge >= 0.3 is 5.97 Å². The lowest BCUT2D eigenvalue weighted by Crippen LogP contribution is -2.30. The Morgan fingerprint density at radius 1 is 1.21 bits per heavy atom. The fourth-order valence-electron chi connectivity index (χ4n) is 1.95. The Kier molecular flexibility index (Phi) is 6.17. The van der Waals surface area contributed by atoms with Crippen molar-refractivity contribution >= 4 is 40.8 Å². The summed E-state index contributed by atoms with van der Waals surface area (Å²) >= 11 is 11.7. The SMILES string of the molecule is C[C@H](OC(=O)Cc1c(F)cccc1Cl)C(=O)Nc1cccc(Cl)c1. The number of esters is 1. The molecule has 0 aliphatic carbocycles. The van der Waals surface area contributed by atoms with Gasteiger partial charge in [-0.25, -0.2) is 4.39 Å². The average molecular weight is 370 g/mol. The predicted molar refractivity (Wildman–Crippen MR) is 90.7 cm³/mol. The highest BCUT2D eigenvalue weighted by Gasteiger charge is 2.20. The van der Waals surface area contributed by atoms with Crippen LogP contribution >= 0.6 is 23.2 Å². The third kappa shape index (κ3) is 4.94. The zero-order chi connectivity index (χ0) is 17.7. The van der Waals surface area contributed by atoms with Gasteiger partial charge in [-0.1, -0.05) is 35.3 Å². The van der Waals surface area contributed by atoms with E-state index in [0.29, 0.717) is 10.7 Å². The zero-order valence-electron chi connectivity index (χ0n) is 12.7. The van der Waals surface area contributed by atoms with E-state index in [2.05, 4.69) is 5.32 Å². The second kappa shape index (κ2) is 8.13. The van der Waals surface area contributed by atoms with E-state index in [1.54, 1.807) is 24.3 Å². The van der Waals surface area contributed by atoms with E-state index >= 15 is 0 Å². The number of anilines is 1. The number of rotatable bonds is 5. The lowest BCUT2D eigenvalue weighted by molar-refractivity contribution is -0.152. The molecule has 7 heteroatoms. The van der Waals surface area contributed by atoms with Crippen LogP contribution in [0.2, 0.25) is 10.0 Å². The summed E-state index contributed by atoms with van der Waals surface area (Å²) in [6.07, 6.45) is -1.41. The molecule has 0 fully saturated rings. The molecule has 0 aromatic heterocycles. The van der Waals surface area contributed by atoms with Gasteiger partial charge in [-0.15, -0.1) is 0 Å². The number of hydrogen-bond acceptors (Lipinski definition) is 3. The van der Waals surface area contributed by atoms with Crippen LogP contribution in [-0.2, 0) is 20.7 Å². The first-order valence-electron chi connectivity index (χ1n) is 7.05. The molecule has 1 N–H and O–H groups in total. The standard InChI is InChI=1S/C17H14Cl2FNO3/c1-10(17(23)21-12-5-2-4-11(18)8-12)24-16(22)9-13-14(19)6-3-7-15(13)20/h2-8,10H,9H2,1H3,(H,21,23)/t10-/m0/s1. The van der Waals surface area contributed by atoms with Crippen LogP contribution in [-0.4, -0.2) is 18.0 Å². The predicted octanol–water partition coefficient (Wildman–Crippen LogP) is 4.25. The Labute approximate surface area is 148 Å². The maximum atomic E-state index is 13.6. The maximum absolute atomic E-state index is 13.6. The number of carbonyl (C=O) groups is 2. The van der Waals surface area contributed by atoms with E-state index in [9.17, 15) is 14.0 Å². The molecule has 2 rings (SSSR count). The number of ether oxygens (including phenoxy) is 1. The van der Waals surface area contributed by atoms with E-state index < -0.39 is 23.8 Å². The Hall–Kier alpha value is -2.11. The maximum Gasteiger partial charge on any atom is 0.311 e. The Morgan fingerprint density at radius 2 is 1.92 bits per heavy atom. The van der Waals surface area contributed by atoms with Crippen molar-refractivity contribution in [1.82, 2.24) is 0 Å². The Morgan fingerprint density at radius 3 is 2.58 bits per heavy atom. The summed E-state index contributed by atoms with van der Waals surface area (Å²) in [6.45, 7) is 1.42. The van der Waals surface area contributed by atoms with Gasteiger partial charge in [0.25, 0.3) is 5.91 Å². The Bertz CT molecular complexity index is 747. The number of halogens is 3. The molecule has 2 aromatic rings. The van der Waals surface area contributed by atoms with Gasteiger partial charge in [0.2, 0.25) is 0 Å². The van der Waals surface area contributed by atoms with Gasteiger partial charge < -0.3 is 10.1 Å². The van der Waals surface area contributed by atoms with Crippen molar-refractivity contribution in [3.63, 3.8) is 0 Å². The molecule has 0 saturated carbocycles. The molecule has 0 saturated heterocycles. The van der Waals surface area contributed by atoms with Crippen molar-refractivity contribution in [2.24, 2.45) is 0 Å². The number of nitrogens with one attached hydrogen (secondary N) is 1. The summed E-state index contributed by atoms with van der Waals surface area (Å²) in [6, 6.07) is 10.7.